The molecule has 0 amide bonds. The van der Waals surface area contributed by atoms with Gasteiger partial charge in [0.2, 0.25) is 0 Å². The van der Waals surface area contributed by atoms with Crippen LogP contribution in [0.4, 0.5) is 0 Å². The van der Waals surface area contributed by atoms with Crippen LogP contribution in [0.2, 0.25) is 0 Å². The molecule has 0 radical (unpaired) electrons. The van der Waals surface area contributed by atoms with Gasteiger partial charge in [0.15, 0.2) is 5.16 Å². The molecule has 0 N–H and O–H groups in total. The maximum absolute atomic E-state index is 12.1. The highest BCUT2D eigenvalue weighted by Gasteiger charge is 2.18. The van der Waals surface area contributed by atoms with Crippen molar-refractivity contribution < 1.29 is 0 Å². The van der Waals surface area contributed by atoms with Gasteiger partial charge in [-0.15, -0.1) is 0 Å². The highest BCUT2D eigenvalue weighted by Crippen LogP contribution is 2.24. The second-order valence-electron chi connectivity index (χ2n) is 6.35. The summed E-state index contributed by atoms with van der Waals surface area (Å²) in [6, 6.07) is 10.0. The van der Waals surface area contributed by atoms with E-state index in [0.29, 0.717) is 0 Å². The van der Waals surface area contributed by atoms with Crippen LogP contribution >= 0.6 is 11.8 Å². The van der Waals surface area contributed by atoms with Crippen molar-refractivity contribution in [2.75, 3.05) is 0 Å². The van der Waals surface area contributed by atoms with E-state index in [2.05, 4.69) is 56.9 Å². The predicted octanol–water partition coefficient (Wildman–Crippen LogP) is 3.68. The van der Waals surface area contributed by atoms with Crippen LogP contribution in [-0.4, -0.2) is 9.55 Å². The summed E-state index contributed by atoms with van der Waals surface area (Å²) < 4.78 is 1.62. The van der Waals surface area contributed by atoms with Crippen LogP contribution in [0.25, 0.3) is 0 Å². The number of hydrogen-bond donors (Lipinski definition) is 0. The second kappa shape index (κ2) is 6.06. The Bertz CT molecular complexity index is 699. The number of nitrogens with zero attached hydrogens (tertiary/aromatic N) is 2. The molecule has 112 valence electrons. The van der Waals surface area contributed by atoms with Gasteiger partial charge in [-0.05, 0) is 12.5 Å². The number of aromatic nitrogens is 2. The van der Waals surface area contributed by atoms with Gasteiger partial charge < -0.3 is 0 Å². The van der Waals surface area contributed by atoms with Crippen molar-refractivity contribution in [1.82, 2.24) is 9.55 Å². The Balaban J connectivity index is 2.27. The van der Waals surface area contributed by atoms with E-state index in [4.69, 9.17) is 0 Å². The Morgan fingerprint density at radius 2 is 1.95 bits per heavy atom. The summed E-state index contributed by atoms with van der Waals surface area (Å²) in [7, 11) is 1.78. The number of aryl methyl sites for hydroxylation is 1. The van der Waals surface area contributed by atoms with Gasteiger partial charge in [0, 0.05) is 24.3 Å². The molecule has 21 heavy (non-hydrogen) atoms. The Labute approximate surface area is 130 Å². The SMILES string of the molecule is Cc1cccc(CSc2nc(C(C)(C)C)cc(=O)n2C)c1. The smallest absolute Gasteiger partial charge is 0.254 e. The van der Waals surface area contributed by atoms with Gasteiger partial charge in [0.1, 0.15) is 0 Å². The Morgan fingerprint density at radius 1 is 1.24 bits per heavy atom. The molecule has 0 saturated carbocycles. The molecular formula is C17H22N2OS. The van der Waals surface area contributed by atoms with Gasteiger partial charge in [-0.25, -0.2) is 4.98 Å². The molecule has 0 bridgehead atoms. The minimum Gasteiger partial charge on any atom is -0.291 e. The molecule has 2 rings (SSSR count). The zero-order valence-corrected chi connectivity index (χ0v) is 14.1. The molecular weight excluding hydrogens is 280 g/mol. The highest BCUT2D eigenvalue weighted by molar-refractivity contribution is 7.98. The fraction of sp³-hybridized carbons (Fsp3) is 0.412. The third-order valence-corrected chi connectivity index (χ3v) is 4.41. The summed E-state index contributed by atoms with van der Waals surface area (Å²) in [5, 5.41) is 0.772. The summed E-state index contributed by atoms with van der Waals surface area (Å²) >= 11 is 1.61. The molecule has 0 aliphatic heterocycles. The molecule has 0 atom stereocenters. The monoisotopic (exact) mass is 302 g/mol. The van der Waals surface area contributed by atoms with Crippen LogP contribution in [-0.2, 0) is 18.2 Å². The Morgan fingerprint density at radius 3 is 2.57 bits per heavy atom. The molecule has 1 aromatic carbocycles. The minimum absolute atomic E-state index is 0.00154. The van der Waals surface area contributed by atoms with Crippen LogP contribution in [0, 0.1) is 6.92 Å². The first kappa shape index (κ1) is 15.8. The molecule has 2 aromatic rings. The summed E-state index contributed by atoms with van der Waals surface area (Å²) in [5.74, 6) is 0.815. The van der Waals surface area contributed by atoms with E-state index in [9.17, 15) is 4.79 Å². The van der Waals surface area contributed by atoms with Crippen molar-refractivity contribution in [3.63, 3.8) is 0 Å². The maximum Gasteiger partial charge on any atom is 0.254 e. The van der Waals surface area contributed by atoms with Gasteiger partial charge in [-0.3, -0.25) is 9.36 Å². The van der Waals surface area contributed by atoms with E-state index in [-0.39, 0.29) is 11.0 Å². The van der Waals surface area contributed by atoms with Crippen molar-refractivity contribution in [2.24, 2.45) is 7.05 Å². The second-order valence-corrected chi connectivity index (χ2v) is 7.29. The molecule has 4 heteroatoms. The van der Waals surface area contributed by atoms with Crippen molar-refractivity contribution in [3.05, 3.63) is 57.5 Å². The number of thioether (sulfide) groups is 1. The molecule has 0 spiro atoms. The topological polar surface area (TPSA) is 34.9 Å². The first-order valence-corrected chi connectivity index (χ1v) is 8.03. The molecule has 3 nitrogen and oxygen atoms in total. The molecule has 1 aromatic heterocycles. The van der Waals surface area contributed by atoms with Gasteiger partial charge in [-0.1, -0.05) is 62.4 Å². The fourth-order valence-corrected chi connectivity index (χ4v) is 2.90. The van der Waals surface area contributed by atoms with E-state index in [0.717, 1.165) is 16.6 Å². The average Bonchev–Trinajstić information content (AvgIpc) is 2.39. The summed E-state index contributed by atoms with van der Waals surface area (Å²) in [4.78, 5) is 16.8. The molecule has 0 saturated heterocycles. The standard InChI is InChI=1S/C17H22N2OS/c1-12-7-6-8-13(9-12)11-21-16-18-14(17(2,3)4)10-15(20)19(16)5/h6-10H,11H2,1-5H3. The normalized spacial score (nSPS) is 11.7. The quantitative estimate of drug-likeness (QED) is 0.641. The predicted molar refractivity (Wildman–Crippen MR) is 88.9 cm³/mol. The summed E-state index contributed by atoms with van der Waals surface area (Å²) in [6.45, 7) is 8.31. The molecule has 0 aliphatic carbocycles. The third kappa shape index (κ3) is 3.97. The average molecular weight is 302 g/mol. The van der Waals surface area contributed by atoms with Gasteiger partial charge >= 0.3 is 0 Å². The van der Waals surface area contributed by atoms with Crippen molar-refractivity contribution >= 4 is 11.8 Å². The molecule has 0 fully saturated rings. The minimum atomic E-state index is -0.119. The van der Waals surface area contributed by atoms with E-state index in [1.54, 1.807) is 29.4 Å². The largest absolute Gasteiger partial charge is 0.291 e. The van der Waals surface area contributed by atoms with Crippen molar-refractivity contribution in [3.8, 4) is 0 Å². The van der Waals surface area contributed by atoms with E-state index in [1.165, 1.54) is 11.1 Å². The van der Waals surface area contributed by atoms with Crippen LogP contribution < -0.4 is 5.56 Å². The van der Waals surface area contributed by atoms with Crippen molar-refractivity contribution in [1.29, 1.82) is 0 Å². The van der Waals surface area contributed by atoms with Gasteiger partial charge in [0.25, 0.3) is 5.56 Å². The first-order valence-electron chi connectivity index (χ1n) is 7.04. The number of hydrogen-bond acceptors (Lipinski definition) is 3. The Hall–Kier alpha value is -1.55. The Kier molecular flexibility index (Phi) is 4.57. The van der Waals surface area contributed by atoms with Crippen LogP contribution in [0.1, 0.15) is 37.6 Å². The van der Waals surface area contributed by atoms with Gasteiger partial charge in [-0.2, -0.15) is 0 Å². The summed E-state index contributed by atoms with van der Waals surface area (Å²) in [5.41, 5.74) is 3.22. The fourth-order valence-electron chi connectivity index (χ4n) is 1.98. The van der Waals surface area contributed by atoms with Crippen LogP contribution in [0.5, 0.6) is 0 Å². The highest BCUT2D eigenvalue weighted by atomic mass is 32.2. The lowest BCUT2D eigenvalue weighted by Crippen LogP contribution is -2.25. The third-order valence-electron chi connectivity index (χ3n) is 3.31. The molecule has 1 heterocycles. The van der Waals surface area contributed by atoms with E-state index < -0.39 is 0 Å². The molecule has 0 aliphatic rings. The molecule has 0 unspecified atom stereocenters. The van der Waals surface area contributed by atoms with Crippen LogP contribution in [0.15, 0.2) is 40.3 Å². The van der Waals surface area contributed by atoms with E-state index >= 15 is 0 Å². The maximum atomic E-state index is 12.1. The lowest BCUT2D eigenvalue weighted by Gasteiger charge is -2.19. The number of rotatable bonds is 3. The number of benzene rings is 1. The zero-order chi connectivity index (χ0) is 15.6. The summed E-state index contributed by atoms with van der Waals surface area (Å²) in [6.07, 6.45) is 0. The first-order chi connectivity index (χ1) is 9.77. The van der Waals surface area contributed by atoms with Gasteiger partial charge in [0.05, 0.1) is 5.69 Å². The lowest BCUT2D eigenvalue weighted by molar-refractivity contribution is 0.542. The van der Waals surface area contributed by atoms with Crippen LogP contribution in [0.3, 0.4) is 0 Å². The zero-order valence-electron chi connectivity index (χ0n) is 13.3. The van der Waals surface area contributed by atoms with Crippen molar-refractivity contribution in [2.45, 2.75) is 44.0 Å². The van der Waals surface area contributed by atoms with E-state index in [1.807, 2.05) is 0 Å². The lowest BCUT2D eigenvalue weighted by atomic mass is 9.92.